The second kappa shape index (κ2) is 7.96. The molecule has 0 radical (unpaired) electrons. The van der Waals surface area contributed by atoms with Gasteiger partial charge in [-0.05, 0) is 48.9 Å². The maximum Gasteiger partial charge on any atom is 0.254 e. The summed E-state index contributed by atoms with van der Waals surface area (Å²) in [6.07, 6.45) is 5.50. The highest BCUT2D eigenvalue weighted by Gasteiger charge is 2.23. The molecule has 0 bridgehead atoms. The molecule has 5 nitrogen and oxygen atoms in total. The third-order valence-corrected chi connectivity index (χ3v) is 4.59. The number of carbonyl (C=O) groups is 2. The SMILES string of the molecule is O=C(NCC(=O)N1CCC(Cc2ccc(F)cc2)CC1)c1ccoc1. The molecule has 0 saturated carbocycles. The van der Waals surface area contributed by atoms with Gasteiger partial charge in [0.25, 0.3) is 5.91 Å². The van der Waals surface area contributed by atoms with E-state index in [2.05, 4.69) is 5.32 Å². The van der Waals surface area contributed by atoms with Gasteiger partial charge >= 0.3 is 0 Å². The monoisotopic (exact) mass is 344 g/mol. The Kier molecular flexibility index (Phi) is 5.48. The van der Waals surface area contributed by atoms with Gasteiger partial charge in [-0.25, -0.2) is 4.39 Å². The van der Waals surface area contributed by atoms with E-state index in [1.807, 2.05) is 12.1 Å². The van der Waals surface area contributed by atoms with E-state index in [-0.39, 0.29) is 24.2 Å². The van der Waals surface area contributed by atoms with Crippen molar-refractivity contribution in [3.8, 4) is 0 Å². The van der Waals surface area contributed by atoms with Crippen molar-refractivity contribution < 1.29 is 18.4 Å². The lowest BCUT2D eigenvalue weighted by Crippen LogP contribution is -2.44. The fourth-order valence-electron chi connectivity index (χ4n) is 3.10. The van der Waals surface area contributed by atoms with Gasteiger partial charge in [0.15, 0.2) is 0 Å². The quantitative estimate of drug-likeness (QED) is 0.907. The molecule has 3 rings (SSSR count). The number of amides is 2. The first-order valence-electron chi connectivity index (χ1n) is 8.44. The summed E-state index contributed by atoms with van der Waals surface area (Å²) < 4.78 is 17.8. The van der Waals surface area contributed by atoms with Gasteiger partial charge in [0.05, 0.1) is 18.4 Å². The number of carbonyl (C=O) groups excluding carboxylic acids is 2. The lowest BCUT2D eigenvalue weighted by atomic mass is 9.90. The van der Waals surface area contributed by atoms with Crippen molar-refractivity contribution in [3.63, 3.8) is 0 Å². The van der Waals surface area contributed by atoms with Crippen LogP contribution >= 0.6 is 0 Å². The maximum atomic E-state index is 12.9. The number of benzene rings is 1. The van der Waals surface area contributed by atoms with Crippen molar-refractivity contribution in [1.29, 1.82) is 0 Å². The molecule has 0 unspecified atom stereocenters. The molecule has 2 heterocycles. The van der Waals surface area contributed by atoms with Gasteiger partial charge < -0.3 is 14.6 Å². The van der Waals surface area contributed by atoms with Gasteiger partial charge in [-0.2, -0.15) is 0 Å². The largest absolute Gasteiger partial charge is 0.472 e. The summed E-state index contributed by atoms with van der Waals surface area (Å²) in [5, 5.41) is 2.61. The highest BCUT2D eigenvalue weighted by molar-refractivity contribution is 5.96. The van der Waals surface area contributed by atoms with Crippen molar-refractivity contribution in [2.75, 3.05) is 19.6 Å². The third-order valence-electron chi connectivity index (χ3n) is 4.59. The molecular weight excluding hydrogens is 323 g/mol. The van der Waals surface area contributed by atoms with Crippen molar-refractivity contribution in [1.82, 2.24) is 10.2 Å². The van der Waals surface area contributed by atoms with Crippen LogP contribution in [0.4, 0.5) is 4.39 Å². The van der Waals surface area contributed by atoms with Crippen molar-refractivity contribution >= 4 is 11.8 Å². The zero-order valence-corrected chi connectivity index (χ0v) is 13.9. The van der Waals surface area contributed by atoms with Crippen LogP contribution in [0.3, 0.4) is 0 Å². The zero-order valence-electron chi connectivity index (χ0n) is 13.9. The molecule has 6 heteroatoms. The molecule has 1 aliphatic rings. The van der Waals surface area contributed by atoms with E-state index < -0.39 is 0 Å². The van der Waals surface area contributed by atoms with E-state index >= 15 is 0 Å². The Balaban J connectivity index is 1.41. The standard InChI is InChI=1S/C19H21FN2O3/c20-17-3-1-14(2-4-17)11-15-5-8-22(9-6-15)18(23)12-21-19(24)16-7-10-25-13-16/h1-4,7,10,13,15H,5-6,8-9,11-12H2,(H,21,24). The van der Waals surface area contributed by atoms with Crippen LogP contribution in [0.2, 0.25) is 0 Å². The summed E-state index contributed by atoms with van der Waals surface area (Å²) in [4.78, 5) is 25.8. The number of hydrogen-bond donors (Lipinski definition) is 1. The van der Waals surface area contributed by atoms with Crippen LogP contribution in [0.5, 0.6) is 0 Å². The summed E-state index contributed by atoms with van der Waals surface area (Å²) in [5.41, 5.74) is 1.53. The summed E-state index contributed by atoms with van der Waals surface area (Å²) in [6, 6.07) is 8.16. The normalized spacial score (nSPS) is 15.2. The molecule has 0 spiro atoms. The third kappa shape index (κ3) is 4.68. The molecule has 1 saturated heterocycles. The van der Waals surface area contributed by atoms with Gasteiger partial charge in [0.1, 0.15) is 12.1 Å². The van der Waals surface area contributed by atoms with Gasteiger partial charge in [-0.15, -0.1) is 0 Å². The lowest BCUT2D eigenvalue weighted by Gasteiger charge is -2.32. The van der Waals surface area contributed by atoms with Crippen LogP contribution in [0.1, 0.15) is 28.8 Å². The van der Waals surface area contributed by atoms with Crippen molar-refractivity contribution in [2.24, 2.45) is 5.92 Å². The Labute approximate surface area is 145 Å². The highest BCUT2D eigenvalue weighted by Crippen LogP contribution is 2.21. The first-order valence-corrected chi connectivity index (χ1v) is 8.44. The van der Waals surface area contributed by atoms with E-state index in [9.17, 15) is 14.0 Å². The molecule has 1 aliphatic heterocycles. The molecule has 2 aromatic rings. The second-order valence-electron chi connectivity index (χ2n) is 6.35. The molecule has 2 amide bonds. The average molecular weight is 344 g/mol. The topological polar surface area (TPSA) is 62.6 Å². The minimum absolute atomic E-state index is 0.00730. The maximum absolute atomic E-state index is 12.9. The van der Waals surface area contributed by atoms with Crippen LogP contribution in [0.25, 0.3) is 0 Å². The number of hydrogen-bond acceptors (Lipinski definition) is 3. The molecule has 1 aromatic heterocycles. The Morgan fingerprint density at radius 1 is 1.16 bits per heavy atom. The molecule has 1 N–H and O–H groups in total. The zero-order chi connectivity index (χ0) is 17.6. The van der Waals surface area contributed by atoms with Crippen LogP contribution in [-0.2, 0) is 11.2 Å². The highest BCUT2D eigenvalue weighted by atomic mass is 19.1. The molecule has 1 fully saturated rings. The number of halogens is 1. The number of nitrogens with zero attached hydrogens (tertiary/aromatic N) is 1. The van der Waals surface area contributed by atoms with Crippen molar-refractivity contribution in [2.45, 2.75) is 19.3 Å². The summed E-state index contributed by atoms with van der Waals surface area (Å²) in [5.74, 6) is -0.109. The second-order valence-corrected chi connectivity index (χ2v) is 6.35. The number of nitrogens with one attached hydrogen (secondary N) is 1. The van der Waals surface area contributed by atoms with E-state index in [1.54, 1.807) is 11.0 Å². The molecule has 0 aliphatic carbocycles. The summed E-state index contributed by atoms with van der Waals surface area (Å²) >= 11 is 0. The summed E-state index contributed by atoms with van der Waals surface area (Å²) in [7, 11) is 0. The number of likely N-dealkylation sites (tertiary alicyclic amines) is 1. The lowest BCUT2D eigenvalue weighted by molar-refractivity contribution is -0.131. The Morgan fingerprint density at radius 2 is 1.88 bits per heavy atom. The number of piperidine rings is 1. The first-order chi connectivity index (χ1) is 12.1. The summed E-state index contributed by atoms with van der Waals surface area (Å²) in [6.45, 7) is 1.37. The number of rotatable bonds is 5. The Hall–Kier alpha value is -2.63. The van der Waals surface area contributed by atoms with E-state index in [4.69, 9.17) is 4.42 Å². The molecule has 0 atom stereocenters. The van der Waals surface area contributed by atoms with E-state index in [0.29, 0.717) is 24.6 Å². The minimum atomic E-state index is -0.312. The molecular formula is C19H21FN2O3. The minimum Gasteiger partial charge on any atom is -0.472 e. The smallest absolute Gasteiger partial charge is 0.254 e. The fraction of sp³-hybridized carbons (Fsp3) is 0.368. The van der Waals surface area contributed by atoms with Crippen molar-refractivity contribution in [3.05, 3.63) is 59.8 Å². The van der Waals surface area contributed by atoms with Gasteiger partial charge in [-0.1, -0.05) is 12.1 Å². The molecule has 1 aromatic carbocycles. The fourth-order valence-corrected chi connectivity index (χ4v) is 3.10. The Morgan fingerprint density at radius 3 is 2.52 bits per heavy atom. The first kappa shape index (κ1) is 17.2. The van der Waals surface area contributed by atoms with Crippen LogP contribution < -0.4 is 5.32 Å². The van der Waals surface area contributed by atoms with Gasteiger partial charge in [0.2, 0.25) is 5.91 Å². The van der Waals surface area contributed by atoms with Gasteiger partial charge in [-0.3, -0.25) is 9.59 Å². The average Bonchev–Trinajstić information content (AvgIpc) is 3.17. The van der Waals surface area contributed by atoms with E-state index in [1.165, 1.54) is 24.7 Å². The number of furan rings is 1. The predicted molar refractivity (Wildman–Crippen MR) is 90.4 cm³/mol. The molecule has 132 valence electrons. The Bertz CT molecular complexity index is 705. The predicted octanol–water partition coefficient (Wildman–Crippen LogP) is 2.63. The van der Waals surface area contributed by atoms with Crippen LogP contribution in [-0.4, -0.2) is 36.3 Å². The molecule has 25 heavy (non-hydrogen) atoms. The van der Waals surface area contributed by atoms with E-state index in [0.717, 1.165) is 24.8 Å². The van der Waals surface area contributed by atoms with Crippen LogP contribution in [0, 0.1) is 11.7 Å². The van der Waals surface area contributed by atoms with Crippen LogP contribution in [0.15, 0.2) is 47.3 Å². The van der Waals surface area contributed by atoms with Gasteiger partial charge in [0, 0.05) is 13.1 Å².